The van der Waals surface area contributed by atoms with E-state index in [0.717, 1.165) is 53.0 Å². The van der Waals surface area contributed by atoms with Crippen molar-refractivity contribution < 1.29 is 9.59 Å². The monoisotopic (exact) mass is 524 g/mol. The summed E-state index contributed by atoms with van der Waals surface area (Å²) in [7, 11) is 0. The highest BCUT2D eigenvalue weighted by Gasteiger charge is 2.54. The Balaban J connectivity index is 1.03. The van der Waals surface area contributed by atoms with Crippen LogP contribution in [0.25, 0.3) is 22.4 Å². The number of aromatic nitrogens is 2. The van der Waals surface area contributed by atoms with Crippen molar-refractivity contribution >= 4 is 22.8 Å². The van der Waals surface area contributed by atoms with Gasteiger partial charge in [-0.3, -0.25) is 9.59 Å². The molecule has 3 aromatic rings. The van der Waals surface area contributed by atoms with Crippen LogP contribution in [0.1, 0.15) is 91.8 Å². The van der Waals surface area contributed by atoms with Crippen molar-refractivity contribution in [3.8, 4) is 11.4 Å². The Morgan fingerprint density at radius 1 is 0.821 bits per heavy atom. The molecular weight excluding hydrogens is 484 g/mol. The molecule has 7 rings (SSSR count). The van der Waals surface area contributed by atoms with Crippen molar-refractivity contribution in [1.82, 2.24) is 20.6 Å². The van der Waals surface area contributed by atoms with E-state index < -0.39 is 0 Å². The lowest BCUT2D eigenvalue weighted by Crippen LogP contribution is -2.52. The number of hydrogen-bond acceptors (Lipinski definition) is 3. The number of carbonyl (C=O) groups excluding carboxylic acids is 2. The van der Waals surface area contributed by atoms with E-state index in [2.05, 4.69) is 22.5 Å². The van der Waals surface area contributed by atoms with E-state index in [1.807, 2.05) is 42.5 Å². The van der Waals surface area contributed by atoms with Gasteiger partial charge in [-0.1, -0.05) is 44.7 Å². The number of fused-ring (bicyclic) bond motifs is 2. The van der Waals surface area contributed by atoms with Gasteiger partial charge in [0.2, 0.25) is 0 Å². The molecular formula is C33H40N4O2. The molecule has 4 fully saturated rings. The van der Waals surface area contributed by atoms with Crippen molar-refractivity contribution in [1.29, 1.82) is 0 Å². The summed E-state index contributed by atoms with van der Waals surface area (Å²) >= 11 is 0. The average Bonchev–Trinajstić information content (AvgIpc) is 3.35. The minimum absolute atomic E-state index is 0.0106. The zero-order chi connectivity index (χ0) is 26.5. The van der Waals surface area contributed by atoms with Crippen LogP contribution in [0.3, 0.4) is 0 Å². The van der Waals surface area contributed by atoms with Crippen molar-refractivity contribution in [2.75, 3.05) is 0 Å². The molecule has 0 radical (unpaired) electrons. The van der Waals surface area contributed by atoms with E-state index in [1.165, 1.54) is 51.4 Å². The third-order valence-corrected chi connectivity index (χ3v) is 10.4. The van der Waals surface area contributed by atoms with Crippen LogP contribution < -0.4 is 10.6 Å². The van der Waals surface area contributed by atoms with Gasteiger partial charge in [0.15, 0.2) is 0 Å². The van der Waals surface area contributed by atoms with Gasteiger partial charge in [-0.2, -0.15) is 0 Å². The summed E-state index contributed by atoms with van der Waals surface area (Å²) in [6.07, 6.45) is 12.4. The first-order valence-electron chi connectivity index (χ1n) is 15.2. The molecule has 4 saturated carbocycles. The van der Waals surface area contributed by atoms with Crippen molar-refractivity contribution in [3.05, 3.63) is 53.6 Å². The molecule has 3 unspecified atom stereocenters. The third-order valence-electron chi connectivity index (χ3n) is 10.4. The van der Waals surface area contributed by atoms with Crippen LogP contribution in [-0.2, 0) is 0 Å². The molecule has 6 nitrogen and oxygen atoms in total. The minimum atomic E-state index is -0.0106. The lowest BCUT2D eigenvalue weighted by molar-refractivity contribution is 0.0405. The highest BCUT2D eigenvalue weighted by molar-refractivity contribution is 5.98. The van der Waals surface area contributed by atoms with E-state index >= 15 is 0 Å². The maximum atomic E-state index is 13.2. The van der Waals surface area contributed by atoms with Gasteiger partial charge in [0.1, 0.15) is 5.82 Å². The Morgan fingerprint density at radius 2 is 1.56 bits per heavy atom. The van der Waals surface area contributed by atoms with E-state index in [1.54, 1.807) is 0 Å². The van der Waals surface area contributed by atoms with Crippen LogP contribution in [0.5, 0.6) is 0 Å². The smallest absolute Gasteiger partial charge is 0.251 e. The summed E-state index contributed by atoms with van der Waals surface area (Å²) in [4.78, 5) is 34.3. The fraction of sp³-hybridized carbons (Fsp3) is 0.545. The number of nitrogens with one attached hydrogen (secondary N) is 3. The first-order chi connectivity index (χ1) is 19.0. The Bertz CT molecular complexity index is 1370. The molecule has 0 saturated heterocycles. The highest BCUT2D eigenvalue weighted by atomic mass is 16.2. The molecule has 3 N–H and O–H groups in total. The number of amides is 2. The molecule has 0 aliphatic heterocycles. The lowest BCUT2D eigenvalue weighted by Gasteiger charge is -2.47. The van der Waals surface area contributed by atoms with Gasteiger partial charge in [0.25, 0.3) is 11.8 Å². The van der Waals surface area contributed by atoms with E-state index in [0.29, 0.717) is 29.0 Å². The summed E-state index contributed by atoms with van der Waals surface area (Å²) in [6.45, 7) is 2.33. The number of rotatable bonds is 5. The Hall–Kier alpha value is -3.15. The summed E-state index contributed by atoms with van der Waals surface area (Å²) in [5.41, 5.74) is 3.95. The third kappa shape index (κ3) is 4.76. The number of hydrogen-bond donors (Lipinski definition) is 3. The van der Waals surface area contributed by atoms with Gasteiger partial charge >= 0.3 is 0 Å². The molecule has 4 aliphatic rings. The molecule has 1 aromatic heterocycles. The number of H-pyrrole nitrogens is 1. The number of aromatic amines is 1. The van der Waals surface area contributed by atoms with Crippen molar-refractivity contribution in [2.45, 2.75) is 83.2 Å². The summed E-state index contributed by atoms with van der Waals surface area (Å²) < 4.78 is 0. The lowest BCUT2D eigenvalue weighted by atomic mass is 9.61. The maximum Gasteiger partial charge on any atom is 0.251 e. The molecule has 4 aliphatic carbocycles. The van der Waals surface area contributed by atoms with Gasteiger partial charge in [0, 0.05) is 28.8 Å². The van der Waals surface area contributed by atoms with Crippen LogP contribution in [-0.4, -0.2) is 33.9 Å². The highest BCUT2D eigenvalue weighted by Crippen LogP contribution is 2.59. The Kier molecular flexibility index (Phi) is 6.44. The van der Waals surface area contributed by atoms with Crippen LogP contribution in [0.15, 0.2) is 42.5 Å². The normalized spacial score (nSPS) is 30.3. The largest absolute Gasteiger partial charge is 0.349 e. The van der Waals surface area contributed by atoms with Crippen molar-refractivity contribution in [2.24, 2.45) is 29.6 Å². The Morgan fingerprint density at radius 3 is 2.36 bits per heavy atom. The van der Waals surface area contributed by atoms with Crippen LogP contribution >= 0.6 is 0 Å². The minimum Gasteiger partial charge on any atom is -0.349 e. The van der Waals surface area contributed by atoms with Gasteiger partial charge < -0.3 is 15.6 Å². The number of nitrogens with zero attached hydrogens (tertiary/aromatic N) is 1. The molecule has 39 heavy (non-hydrogen) atoms. The van der Waals surface area contributed by atoms with Gasteiger partial charge in [-0.25, -0.2) is 4.98 Å². The summed E-state index contributed by atoms with van der Waals surface area (Å²) in [5.74, 6) is 4.60. The molecule has 2 aromatic carbocycles. The molecule has 2 amide bonds. The fourth-order valence-corrected chi connectivity index (χ4v) is 8.34. The first kappa shape index (κ1) is 24.9. The molecule has 1 heterocycles. The van der Waals surface area contributed by atoms with E-state index in [4.69, 9.17) is 4.98 Å². The number of imidazole rings is 1. The second kappa shape index (κ2) is 10.1. The Labute approximate surface area is 230 Å². The molecule has 2 bridgehead atoms. The summed E-state index contributed by atoms with van der Waals surface area (Å²) in [6, 6.07) is 14.0. The van der Waals surface area contributed by atoms with E-state index in [9.17, 15) is 9.59 Å². The molecule has 6 heteroatoms. The average molecular weight is 525 g/mol. The molecule has 6 atom stereocenters. The number of benzene rings is 2. The standard InChI is InChI=1S/C33H40N4O2/c1-19-14-20-15-24-17-27(26(24)16-20)30(19)37-32(38)22-10-8-21(9-11-22)31-35-28-13-12-23(18-29(28)36-31)33(39)34-25-6-4-2-3-5-7-25/h8-13,18-20,24-27,30H,2-7,14-17H2,1H3,(H,34,39)(H,35,36)(H,37,38)/t19?,20-,24+,26?,27+,30?/m0/s1. The first-order valence-corrected chi connectivity index (χ1v) is 15.2. The topological polar surface area (TPSA) is 86.9 Å². The van der Waals surface area contributed by atoms with Gasteiger partial charge in [-0.05, 0) is 98.4 Å². The van der Waals surface area contributed by atoms with E-state index in [-0.39, 0.29) is 17.9 Å². The zero-order valence-corrected chi connectivity index (χ0v) is 22.9. The van der Waals surface area contributed by atoms with Crippen LogP contribution in [0.2, 0.25) is 0 Å². The van der Waals surface area contributed by atoms with Gasteiger partial charge in [0.05, 0.1) is 11.0 Å². The SMILES string of the molecule is CC1C[C@@H]2CC3[C@H](C2)C[C@H]3C1NC(=O)c1ccc(-c2nc3ccc(C(=O)NC4CCCCCC4)cc3[nH]2)cc1. The van der Waals surface area contributed by atoms with Crippen LogP contribution in [0, 0.1) is 29.6 Å². The van der Waals surface area contributed by atoms with Crippen molar-refractivity contribution in [3.63, 3.8) is 0 Å². The fourth-order valence-electron chi connectivity index (χ4n) is 8.34. The predicted octanol–water partition coefficient (Wildman–Crippen LogP) is 6.48. The maximum absolute atomic E-state index is 13.2. The number of carbonyl (C=O) groups is 2. The second-order valence-electron chi connectivity index (χ2n) is 12.9. The predicted molar refractivity (Wildman–Crippen MR) is 153 cm³/mol. The summed E-state index contributed by atoms with van der Waals surface area (Å²) in [5, 5.41) is 6.66. The molecule has 0 spiro atoms. The quantitative estimate of drug-likeness (QED) is 0.334. The second-order valence-corrected chi connectivity index (χ2v) is 12.9. The van der Waals surface area contributed by atoms with Crippen LogP contribution in [0.4, 0.5) is 0 Å². The van der Waals surface area contributed by atoms with Gasteiger partial charge in [-0.15, -0.1) is 0 Å². The molecule has 204 valence electrons. The zero-order valence-electron chi connectivity index (χ0n) is 22.9.